The Hall–Kier alpha value is 0.140. The summed E-state index contributed by atoms with van der Waals surface area (Å²) < 4.78 is 36.9. The van der Waals surface area contributed by atoms with Crippen LogP contribution in [0.1, 0.15) is 0 Å². The van der Waals surface area contributed by atoms with Gasteiger partial charge in [-0.3, -0.25) is 4.79 Å². The zero-order chi connectivity index (χ0) is 13.9. The second-order valence-electron chi connectivity index (χ2n) is 2.98. The molecule has 1 N–H and O–H groups in total. The maximum Gasteiger partial charge on any atom is 0.446 e. The molecule has 2 nitrogen and oxygen atoms in total. The van der Waals surface area contributed by atoms with Gasteiger partial charge in [-0.25, -0.2) is 0 Å². The van der Waals surface area contributed by atoms with Crippen LogP contribution in [0.4, 0.5) is 18.9 Å². The number of carbonyl (C=O) groups excluding carboxylic acids is 1. The largest absolute Gasteiger partial charge is 0.446 e. The van der Waals surface area contributed by atoms with Crippen molar-refractivity contribution in [2.75, 3.05) is 5.32 Å². The van der Waals surface area contributed by atoms with Gasteiger partial charge in [0.15, 0.2) is 4.84 Å². The Bertz CT molecular complexity index is 456. The number of benzene rings is 1. The average Bonchev–Trinajstić information content (AvgIpc) is 2.19. The monoisotopic (exact) mass is 429 g/mol. The fourth-order valence-corrected chi connectivity index (χ4v) is 2.53. The molecule has 1 aromatic rings. The van der Waals surface area contributed by atoms with Crippen molar-refractivity contribution < 1.29 is 18.0 Å². The highest BCUT2D eigenvalue weighted by Crippen LogP contribution is 2.38. The Morgan fingerprint density at radius 2 is 2.00 bits per heavy atom. The van der Waals surface area contributed by atoms with E-state index in [4.69, 9.17) is 23.2 Å². The van der Waals surface area contributed by atoms with Crippen LogP contribution in [0, 0.1) is 3.57 Å². The lowest BCUT2D eigenvalue weighted by Crippen LogP contribution is -2.19. The molecular weight excluding hydrogens is 425 g/mol. The third-order valence-corrected chi connectivity index (χ3v) is 3.64. The number of amides is 1. The first kappa shape index (κ1) is 16.2. The van der Waals surface area contributed by atoms with Gasteiger partial charge in [-0.1, -0.05) is 23.2 Å². The summed E-state index contributed by atoms with van der Waals surface area (Å²) in [6.07, 6.45) is 0. The molecule has 0 unspecified atom stereocenters. The Morgan fingerprint density at radius 3 is 2.44 bits per heavy atom. The van der Waals surface area contributed by atoms with Gasteiger partial charge in [0.1, 0.15) is 0 Å². The Labute approximate surface area is 129 Å². The Balaban J connectivity index is 2.83. The molecule has 100 valence electrons. The maximum atomic E-state index is 12.1. The topological polar surface area (TPSA) is 29.1 Å². The van der Waals surface area contributed by atoms with E-state index >= 15 is 0 Å². The molecule has 0 saturated heterocycles. The fourth-order valence-electron chi connectivity index (χ4n) is 0.982. The van der Waals surface area contributed by atoms with Crippen LogP contribution in [0.25, 0.3) is 0 Å². The maximum absolute atomic E-state index is 12.1. The zero-order valence-corrected chi connectivity index (χ0v) is 12.9. The van der Waals surface area contributed by atoms with E-state index < -0.39 is 16.3 Å². The second kappa shape index (κ2) is 6.53. The third kappa shape index (κ3) is 5.41. The van der Waals surface area contributed by atoms with E-state index in [9.17, 15) is 18.0 Å². The van der Waals surface area contributed by atoms with Gasteiger partial charge in [-0.05, 0) is 52.6 Å². The van der Waals surface area contributed by atoms with E-state index in [0.717, 1.165) is 0 Å². The summed E-state index contributed by atoms with van der Waals surface area (Å²) in [5, 5.41) is 2.40. The lowest BCUT2D eigenvalue weighted by molar-refractivity contribution is -0.114. The van der Waals surface area contributed by atoms with Crippen LogP contribution in [-0.2, 0) is 4.79 Å². The third-order valence-electron chi connectivity index (χ3n) is 1.63. The van der Waals surface area contributed by atoms with Crippen LogP contribution < -0.4 is 5.32 Å². The van der Waals surface area contributed by atoms with Crippen molar-refractivity contribution in [3.05, 3.63) is 21.8 Å². The van der Waals surface area contributed by atoms with Gasteiger partial charge < -0.3 is 5.32 Å². The molecule has 0 aromatic heterocycles. The predicted molar refractivity (Wildman–Crippen MR) is 75.2 cm³/mol. The molecule has 1 amide bonds. The van der Waals surface area contributed by atoms with E-state index in [2.05, 4.69) is 5.32 Å². The van der Waals surface area contributed by atoms with Crippen LogP contribution in [0.5, 0.6) is 0 Å². The fraction of sp³-hybridized carbons (Fsp3) is 0.222. The molecule has 0 aliphatic heterocycles. The van der Waals surface area contributed by atoms with E-state index in [-0.39, 0.29) is 16.7 Å². The number of carbonyl (C=O) groups is 1. The minimum atomic E-state index is -4.34. The molecule has 0 fully saturated rings. The summed E-state index contributed by atoms with van der Waals surface area (Å²) in [7, 11) is 0. The quantitative estimate of drug-likeness (QED) is 0.430. The van der Waals surface area contributed by atoms with Gasteiger partial charge >= 0.3 is 5.51 Å². The van der Waals surface area contributed by atoms with Crippen LogP contribution in [-0.4, -0.2) is 16.3 Å². The van der Waals surface area contributed by atoms with Gasteiger partial charge in [0.2, 0.25) is 0 Å². The van der Waals surface area contributed by atoms with Gasteiger partial charge in [0, 0.05) is 8.47 Å². The molecule has 0 aliphatic rings. The summed E-state index contributed by atoms with van der Waals surface area (Å²) in [4.78, 5) is 10.0. The van der Waals surface area contributed by atoms with Gasteiger partial charge in [0.25, 0.3) is 5.91 Å². The summed E-state index contributed by atoms with van der Waals surface area (Å²) in [5.41, 5.74) is -3.98. The van der Waals surface area contributed by atoms with E-state index in [0.29, 0.717) is 9.26 Å². The van der Waals surface area contributed by atoms with Crippen LogP contribution in [0.2, 0.25) is 0 Å². The molecule has 0 bridgehead atoms. The van der Waals surface area contributed by atoms with Gasteiger partial charge in [-0.15, -0.1) is 0 Å². The van der Waals surface area contributed by atoms with Crippen molar-refractivity contribution in [3.63, 3.8) is 0 Å². The van der Waals surface area contributed by atoms with E-state index in [1.807, 2.05) is 22.6 Å². The molecule has 0 aliphatic carbocycles. The first-order chi connectivity index (χ1) is 8.19. The SMILES string of the molecule is O=C(Nc1ccc(SC(F)(F)F)cc1I)C(Cl)Cl. The first-order valence-corrected chi connectivity index (χ1v) is 7.10. The molecule has 0 radical (unpaired) electrons. The molecular formula is C9H5Cl2F3INOS. The highest BCUT2D eigenvalue weighted by Gasteiger charge is 2.29. The molecule has 0 saturated carbocycles. The number of nitrogens with one attached hydrogen (secondary N) is 1. The number of anilines is 1. The lowest BCUT2D eigenvalue weighted by Gasteiger charge is -2.10. The van der Waals surface area contributed by atoms with Gasteiger partial charge in [0.05, 0.1) is 5.69 Å². The Morgan fingerprint density at radius 1 is 1.39 bits per heavy atom. The van der Waals surface area contributed by atoms with E-state index in [1.165, 1.54) is 18.2 Å². The van der Waals surface area contributed by atoms with Crippen molar-refractivity contribution in [2.24, 2.45) is 0 Å². The van der Waals surface area contributed by atoms with Gasteiger partial charge in [-0.2, -0.15) is 13.2 Å². The molecule has 18 heavy (non-hydrogen) atoms. The number of hydrogen-bond donors (Lipinski definition) is 1. The number of alkyl halides is 5. The smallest absolute Gasteiger partial charge is 0.323 e. The average molecular weight is 430 g/mol. The summed E-state index contributed by atoms with van der Waals surface area (Å²) in [6, 6.07) is 3.93. The molecule has 9 heteroatoms. The highest BCUT2D eigenvalue weighted by molar-refractivity contribution is 14.1. The first-order valence-electron chi connectivity index (χ1n) is 4.33. The van der Waals surface area contributed by atoms with Crippen LogP contribution >= 0.6 is 57.6 Å². The van der Waals surface area contributed by atoms with Crippen molar-refractivity contribution in [1.29, 1.82) is 0 Å². The number of rotatable bonds is 3. The number of thioether (sulfide) groups is 1. The van der Waals surface area contributed by atoms with E-state index in [1.54, 1.807) is 0 Å². The van der Waals surface area contributed by atoms with Crippen molar-refractivity contribution >= 4 is 69.1 Å². The summed E-state index contributed by atoms with van der Waals surface area (Å²) >= 11 is 12.3. The molecule has 0 atom stereocenters. The summed E-state index contributed by atoms with van der Waals surface area (Å²) in [6.45, 7) is 0. The van der Waals surface area contributed by atoms with Crippen molar-refractivity contribution in [2.45, 2.75) is 15.2 Å². The highest BCUT2D eigenvalue weighted by atomic mass is 127. The molecule has 0 heterocycles. The number of hydrogen-bond acceptors (Lipinski definition) is 2. The minimum Gasteiger partial charge on any atom is -0.323 e. The second-order valence-corrected chi connectivity index (χ2v) is 6.38. The predicted octanol–water partition coefficient (Wildman–Crippen LogP) is 4.65. The van der Waals surface area contributed by atoms with Crippen molar-refractivity contribution in [1.82, 2.24) is 0 Å². The van der Waals surface area contributed by atoms with Crippen molar-refractivity contribution in [3.8, 4) is 0 Å². The Kier molecular flexibility index (Phi) is 5.88. The summed E-state index contributed by atoms with van der Waals surface area (Å²) in [5.74, 6) is -0.632. The molecule has 1 aromatic carbocycles. The van der Waals surface area contributed by atoms with Crippen LogP contribution in [0.3, 0.4) is 0 Å². The standard InChI is InChI=1S/C9H5Cl2F3INOS/c10-7(11)8(17)16-6-2-1-4(3-5(6)15)18-9(12,13)14/h1-3,7H,(H,16,17). The number of halogens is 6. The minimum absolute atomic E-state index is 0.0400. The normalized spacial score (nSPS) is 11.7. The zero-order valence-electron chi connectivity index (χ0n) is 8.39. The molecule has 1 rings (SSSR count). The lowest BCUT2D eigenvalue weighted by atomic mass is 10.3. The molecule has 0 spiro atoms. The van der Waals surface area contributed by atoms with Crippen LogP contribution in [0.15, 0.2) is 23.1 Å².